The Balaban J connectivity index is 1.65. The second-order valence-electron chi connectivity index (χ2n) is 6.04. The first-order valence-corrected chi connectivity index (χ1v) is 8.02. The number of imidazole rings is 1. The summed E-state index contributed by atoms with van der Waals surface area (Å²) < 4.78 is 3.27. The molecule has 0 spiro atoms. The van der Waals surface area contributed by atoms with Crippen LogP contribution in [-0.2, 0) is 4.79 Å². The van der Waals surface area contributed by atoms with Crippen LogP contribution in [0.25, 0.3) is 17.7 Å². The molecule has 2 aliphatic rings. The van der Waals surface area contributed by atoms with Gasteiger partial charge in [0.05, 0.1) is 6.20 Å². The molecular weight excluding hydrogens is 338 g/mol. The number of fused-ring (bicyclic) bond motifs is 1. The van der Waals surface area contributed by atoms with Gasteiger partial charge < -0.3 is 10.6 Å². The SMILES string of the molecule is O=C1NC(=O)C(=Cc2cnn3c(NC4CC4)nc(-n4ccnc4)nc23)N1. The molecule has 1 saturated heterocycles. The highest BCUT2D eigenvalue weighted by atomic mass is 16.2. The quantitative estimate of drug-likeness (QED) is 0.447. The number of rotatable bonds is 4. The number of aromatic nitrogens is 6. The van der Waals surface area contributed by atoms with Crippen molar-refractivity contribution in [3.8, 4) is 5.95 Å². The van der Waals surface area contributed by atoms with E-state index < -0.39 is 11.9 Å². The van der Waals surface area contributed by atoms with Crippen molar-refractivity contribution in [1.29, 1.82) is 0 Å². The standard InChI is InChI=1S/C15H13N9O2/c25-12-10(19-15(26)21-12)5-8-6-17-24-11(8)20-13(23-4-3-16-7-23)22-14(24)18-9-1-2-9/h3-7,9H,1-2H2,(H,18,20,22)(H2,19,21,25,26). The second kappa shape index (κ2) is 5.37. The number of anilines is 1. The van der Waals surface area contributed by atoms with Crippen LogP contribution in [0.1, 0.15) is 18.4 Å². The molecule has 0 atom stereocenters. The summed E-state index contributed by atoms with van der Waals surface area (Å²) >= 11 is 0. The van der Waals surface area contributed by atoms with E-state index in [-0.39, 0.29) is 5.70 Å². The van der Waals surface area contributed by atoms with Crippen LogP contribution in [0.15, 0.2) is 30.6 Å². The Morgan fingerprint density at radius 2 is 2.12 bits per heavy atom. The van der Waals surface area contributed by atoms with Gasteiger partial charge in [-0.1, -0.05) is 0 Å². The van der Waals surface area contributed by atoms with Gasteiger partial charge in [0.25, 0.3) is 5.91 Å². The van der Waals surface area contributed by atoms with Crippen LogP contribution in [0, 0.1) is 0 Å². The van der Waals surface area contributed by atoms with Crippen LogP contribution in [0.4, 0.5) is 10.7 Å². The summed E-state index contributed by atoms with van der Waals surface area (Å²) in [4.78, 5) is 36.2. The van der Waals surface area contributed by atoms with Gasteiger partial charge >= 0.3 is 6.03 Å². The number of urea groups is 1. The summed E-state index contributed by atoms with van der Waals surface area (Å²) in [5.74, 6) is 0.499. The van der Waals surface area contributed by atoms with Gasteiger partial charge in [-0.15, -0.1) is 0 Å². The first-order valence-electron chi connectivity index (χ1n) is 8.02. The molecule has 11 nitrogen and oxygen atoms in total. The zero-order valence-electron chi connectivity index (χ0n) is 13.4. The second-order valence-corrected chi connectivity index (χ2v) is 6.04. The van der Waals surface area contributed by atoms with Gasteiger partial charge in [-0.05, 0) is 18.9 Å². The molecule has 130 valence electrons. The van der Waals surface area contributed by atoms with Crippen molar-refractivity contribution in [3.63, 3.8) is 0 Å². The van der Waals surface area contributed by atoms with E-state index in [1.807, 2.05) is 0 Å². The van der Waals surface area contributed by atoms with Crippen molar-refractivity contribution in [1.82, 2.24) is 39.8 Å². The maximum absolute atomic E-state index is 11.8. The predicted octanol–water partition coefficient (Wildman–Crippen LogP) is 0.0646. The Labute approximate surface area is 146 Å². The average Bonchev–Trinajstić information content (AvgIpc) is 3.01. The van der Waals surface area contributed by atoms with Gasteiger partial charge in [0, 0.05) is 24.0 Å². The molecule has 1 aliphatic heterocycles. The molecule has 2 fully saturated rings. The van der Waals surface area contributed by atoms with E-state index in [2.05, 4.69) is 36.0 Å². The van der Waals surface area contributed by atoms with Crippen LogP contribution < -0.4 is 16.0 Å². The molecule has 3 aromatic heterocycles. The fraction of sp³-hybridized carbons (Fsp3) is 0.200. The van der Waals surface area contributed by atoms with E-state index in [0.29, 0.717) is 29.1 Å². The molecule has 0 bridgehead atoms. The Morgan fingerprint density at radius 3 is 2.81 bits per heavy atom. The largest absolute Gasteiger partial charge is 0.351 e. The number of nitrogens with one attached hydrogen (secondary N) is 3. The molecule has 4 heterocycles. The number of imide groups is 1. The molecule has 3 amide bonds. The fourth-order valence-electron chi connectivity index (χ4n) is 2.62. The minimum atomic E-state index is -0.553. The van der Waals surface area contributed by atoms with E-state index in [9.17, 15) is 9.59 Å². The van der Waals surface area contributed by atoms with Gasteiger partial charge in [0.2, 0.25) is 11.9 Å². The number of carbonyl (C=O) groups excluding carboxylic acids is 2. The molecule has 0 radical (unpaired) electrons. The van der Waals surface area contributed by atoms with Crippen molar-refractivity contribution in [3.05, 3.63) is 36.2 Å². The lowest BCUT2D eigenvalue weighted by atomic mass is 10.2. The number of carbonyl (C=O) groups is 2. The van der Waals surface area contributed by atoms with E-state index in [4.69, 9.17) is 0 Å². The third kappa shape index (κ3) is 2.46. The fourth-order valence-corrected chi connectivity index (χ4v) is 2.62. The molecule has 1 aliphatic carbocycles. The molecule has 26 heavy (non-hydrogen) atoms. The molecule has 0 unspecified atom stereocenters. The van der Waals surface area contributed by atoms with Crippen LogP contribution in [0.5, 0.6) is 0 Å². The van der Waals surface area contributed by atoms with Crippen molar-refractivity contribution in [2.75, 3.05) is 5.32 Å². The topological polar surface area (TPSA) is 131 Å². The van der Waals surface area contributed by atoms with Gasteiger partial charge in [-0.3, -0.25) is 14.7 Å². The van der Waals surface area contributed by atoms with Gasteiger partial charge in [-0.2, -0.15) is 19.6 Å². The summed E-state index contributed by atoms with van der Waals surface area (Å²) in [5, 5.41) is 12.3. The Kier molecular flexibility index (Phi) is 3.01. The Morgan fingerprint density at radius 1 is 1.23 bits per heavy atom. The molecule has 3 N–H and O–H groups in total. The van der Waals surface area contributed by atoms with Crippen molar-refractivity contribution >= 4 is 29.6 Å². The Bertz CT molecular complexity index is 1060. The van der Waals surface area contributed by atoms with Crippen molar-refractivity contribution in [2.24, 2.45) is 0 Å². The minimum absolute atomic E-state index is 0.143. The minimum Gasteiger partial charge on any atom is -0.351 e. The Hall–Kier alpha value is -3.76. The maximum Gasteiger partial charge on any atom is 0.326 e. The molecule has 3 aromatic rings. The van der Waals surface area contributed by atoms with Crippen LogP contribution in [0.2, 0.25) is 0 Å². The summed E-state index contributed by atoms with van der Waals surface area (Å²) in [6, 6.07) is -0.183. The van der Waals surface area contributed by atoms with Gasteiger partial charge in [0.15, 0.2) is 5.65 Å². The third-order valence-electron chi connectivity index (χ3n) is 4.05. The normalized spacial score (nSPS) is 18.4. The zero-order chi connectivity index (χ0) is 17.7. The van der Waals surface area contributed by atoms with E-state index in [1.54, 1.807) is 34.0 Å². The summed E-state index contributed by atoms with van der Waals surface area (Å²) in [6.07, 6.45) is 10.3. The first-order chi connectivity index (χ1) is 12.7. The number of amides is 3. The maximum atomic E-state index is 11.8. The lowest BCUT2D eigenvalue weighted by Crippen LogP contribution is -2.22. The van der Waals surface area contributed by atoms with Crippen LogP contribution >= 0.6 is 0 Å². The lowest BCUT2D eigenvalue weighted by molar-refractivity contribution is -0.115. The number of nitrogens with zero attached hydrogens (tertiary/aromatic N) is 6. The zero-order valence-corrected chi connectivity index (χ0v) is 13.4. The average molecular weight is 351 g/mol. The highest BCUT2D eigenvalue weighted by Crippen LogP contribution is 2.25. The van der Waals surface area contributed by atoms with Gasteiger partial charge in [0.1, 0.15) is 12.0 Å². The predicted molar refractivity (Wildman–Crippen MR) is 89.2 cm³/mol. The highest BCUT2D eigenvalue weighted by molar-refractivity contribution is 6.14. The summed E-state index contributed by atoms with van der Waals surface area (Å²) in [5.41, 5.74) is 1.23. The molecule has 1 saturated carbocycles. The number of hydrogen-bond donors (Lipinski definition) is 3. The third-order valence-corrected chi connectivity index (χ3v) is 4.05. The van der Waals surface area contributed by atoms with E-state index in [0.717, 1.165) is 12.8 Å². The summed E-state index contributed by atoms with van der Waals surface area (Å²) in [7, 11) is 0. The first kappa shape index (κ1) is 14.6. The molecule has 11 heteroatoms. The molecule has 0 aromatic carbocycles. The monoisotopic (exact) mass is 351 g/mol. The molecule has 5 rings (SSSR count). The van der Waals surface area contributed by atoms with Crippen molar-refractivity contribution < 1.29 is 9.59 Å². The van der Waals surface area contributed by atoms with Crippen molar-refractivity contribution in [2.45, 2.75) is 18.9 Å². The van der Waals surface area contributed by atoms with E-state index in [1.165, 1.54) is 6.08 Å². The summed E-state index contributed by atoms with van der Waals surface area (Å²) in [6.45, 7) is 0. The smallest absolute Gasteiger partial charge is 0.326 e. The number of hydrogen-bond acceptors (Lipinski definition) is 7. The lowest BCUT2D eigenvalue weighted by Gasteiger charge is -2.08. The van der Waals surface area contributed by atoms with Crippen LogP contribution in [-0.4, -0.2) is 47.1 Å². The highest BCUT2D eigenvalue weighted by Gasteiger charge is 2.26. The van der Waals surface area contributed by atoms with Gasteiger partial charge in [-0.25, -0.2) is 9.78 Å². The van der Waals surface area contributed by atoms with E-state index >= 15 is 0 Å². The van der Waals surface area contributed by atoms with Crippen LogP contribution in [0.3, 0.4) is 0 Å². The molecular formula is C15H13N9O2.